The molecule has 2 saturated heterocycles. The van der Waals surface area contributed by atoms with Crippen LogP contribution in [0.1, 0.15) is 61.7 Å². The zero-order valence-corrected chi connectivity index (χ0v) is 18.7. The predicted molar refractivity (Wildman–Crippen MR) is 118 cm³/mol. The van der Waals surface area contributed by atoms with Crippen LogP contribution < -0.4 is 5.32 Å². The molecule has 2 heterocycles. The molecule has 176 valence electrons. The van der Waals surface area contributed by atoms with E-state index in [4.69, 9.17) is 4.74 Å². The summed E-state index contributed by atoms with van der Waals surface area (Å²) in [5, 5.41) is 3.20. The SMILES string of the molecule is O=C(N[C@H]1CC[C@H](CCN2CCC(F)(C(=O)c3ccc(F)cc3)CC2)CC1)C1CCOC1. The van der Waals surface area contributed by atoms with E-state index in [0.29, 0.717) is 32.2 Å². The van der Waals surface area contributed by atoms with Gasteiger partial charge in [-0.25, -0.2) is 8.78 Å². The normalized spacial score (nSPS) is 28.4. The van der Waals surface area contributed by atoms with Gasteiger partial charge in [0.1, 0.15) is 5.82 Å². The van der Waals surface area contributed by atoms with Crippen LogP contribution in [0.4, 0.5) is 8.78 Å². The fraction of sp³-hybridized carbons (Fsp3) is 0.680. The minimum Gasteiger partial charge on any atom is -0.381 e. The maximum atomic E-state index is 15.3. The van der Waals surface area contributed by atoms with E-state index in [1.54, 1.807) is 0 Å². The van der Waals surface area contributed by atoms with Gasteiger partial charge in [-0.15, -0.1) is 0 Å². The first kappa shape index (κ1) is 23.3. The van der Waals surface area contributed by atoms with Gasteiger partial charge < -0.3 is 15.0 Å². The predicted octanol–water partition coefficient (Wildman–Crippen LogP) is 3.91. The number of piperidine rings is 1. The summed E-state index contributed by atoms with van der Waals surface area (Å²) in [7, 11) is 0. The molecule has 3 aliphatic rings. The van der Waals surface area contributed by atoms with Gasteiger partial charge >= 0.3 is 0 Å². The molecule has 4 rings (SSSR count). The first-order valence-electron chi connectivity index (χ1n) is 12.0. The second kappa shape index (κ2) is 10.4. The van der Waals surface area contributed by atoms with E-state index in [0.717, 1.165) is 45.1 Å². The second-order valence-corrected chi connectivity index (χ2v) is 9.72. The number of alkyl halides is 1. The van der Waals surface area contributed by atoms with Crippen molar-refractivity contribution in [1.82, 2.24) is 10.2 Å². The molecule has 0 aromatic heterocycles. The second-order valence-electron chi connectivity index (χ2n) is 9.72. The molecule has 0 spiro atoms. The average molecular weight is 449 g/mol. The molecule has 1 amide bonds. The molecule has 1 aromatic carbocycles. The third-order valence-electron chi connectivity index (χ3n) is 7.51. The quantitative estimate of drug-likeness (QED) is 0.643. The van der Waals surface area contributed by atoms with Crippen molar-refractivity contribution >= 4 is 11.7 Å². The Morgan fingerprint density at radius 3 is 2.38 bits per heavy atom. The van der Waals surface area contributed by atoms with E-state index < -0.39 is 17.3 Å². The fourth-order valence-electron chi connectivity index (χ4n) is 5.24. The molecule has 1 N–H and O–H groups in total. The molecule has 7 heteroatoms. The van der Waals surface area contributed by atoms with Gasteiger partial charge in [0, 0.05) is 44.1 Å². The van der Waals surface area contributed by atoms with E-state index in [1.165, 1.54) is 24.3 Å². The van der Waals surface area contributed by atoms with Gasteiger partial charge in [0.2, 0.25) is 5.91 Å². The number of nitrogens with zero attached hydrogens (tertiary/aromatic N) is 1. The number of ether oxygens (including phenoxy) is 1. The lowest BCUT2D eigenvalue weighted by Gasteiger charge is -2.37. The van der Waals surface area contributed by atoms with Gasteiger partial charge in [-0.2, -0.15) is 0 Å². The van der Waals surface area contributed by atoms with Crippen molar-refractivity contribution in [2.45, 2.75) is 63.1 Å². The van der Waals surface area contributed by atoms with Crippen LogP contribution in [0.2, 0.25) is 0 Å². The molecule has 1 atom stereocenters. The van der Waals surface area contributed by atoms with Gasteiger partial charge in [0.15, 0.2) is 11.5 Å². The van der Waals surface area contributed by atoms with Crippen LogP contribution in [0.5, 0.6) is 0 Å². The highest BCUT2D eigenvalue weighted by Gasteiger charge is 2.42. The van der Waals surface area contributed by atoms with E-state index in [-0.39, 0.29) is 36.3 Å². The molecule has 1 unspecified atom stereocenters. The Labute approximate surface area is 188 Å². The lowest BCUT2D eigenvalue weighted by atomic mass is 9.83. The number of ketones is 1. The number of hydrogen-bond donors (Lipinski definition) is 1. The van der Waals surface area contributed by atoms with E-state index in [2.05, 4.69) is 10.2 Å². The van der Waals surface area contributed by atoms with Crippen LogP contribution in [0.3, 0.4) is 0 Å². The van der Waals surface area contributed by atoms with Gasteiger partial charge in [0.05, 0.1) is 12.5 Å². The molecule has 0 radical (unpaired) electrons. The Morgan fingerprint density at radius 1 is 1.06 bits per heavy atom. The van der Waals surface area contributed by atoms with E-state index in [1.807, 2.05) is 0 Å². The van der Waals surface area contributed by atoms with Gasteiger partial charge in [-0.3, -0.25) is 9.59 Å². The summed E-state index contributed by atoms with van der Waals surface area (Å²) in [4.78, 5) is 27.1. The first-order chi connectivity index (χ1) is 15.4. The van der Waals surface area contributed by atoms with Crippen molar-refractivity contribution in [2.75, 3.05) is 32.8 Å². The van der Waals surface area contributed by atoms with Gasteiger partial charge in [-0.1, -0.05) is 0 Å². The number of amides is 1. The van der Waals surface area contributed by atoms with E-state index in [9.17, 15) is 14.0 Å². The highest BCUT2D eigenvalue weighted by molar-refractivity contribution is 6.02. The van der Waals surface area contributed by atoms with Crippen LogP contribution in [-0.2, 0) is 9.53 Å². The monoisotopic (exact) mass is 448 g/mol. The van der Waals surface area contributed by atoms with Crippen LogP contribution >= 0.6 is 0 Å². The Morgan fingerprint density at radius 2 is 1.75 bits per heavy atom. The number of carbonyl (C=O) groups excluding carboxylic acids is 2. The number of benzene rings is 1. The lowest BCUT2D eigenvalue weighted by molar-refractivity contribution is -0.126. The van der Waals surface area contributed by atoms with Crippen LogP contribution in [0.25, 0.3) is 0 Å². The van der Waals surface area contributed by atoms with Crippen molar-refractivity contribution in [3.63, 3.8) is 0 Å². The molecule has 5 nitrogen and oxygen atoms in total. The fourth-order valence-corrected chi connectivity index (χ4v) is 5.24. The Hall–Kier alpha value is -1.86. The Balaban J connectivity index is 1.15. The summed E-state index contributed by atoms with van der Waals surface area (Å²) in [5.41, 5.74) is -1.61. The molecule has 2 aliphatic heterocycles. The molecule has 32 heavy (non-hydrogen) atoms. The molecular formula is C25H34F2N2O3. The number of nitrogens with one attached hydrogen (secondary N) is 1. The summed E-state index contributed by atoms with van der Waals surface area (Å²) >= 11 is 0. The number of carbonyl (C=O) groups is 2. The maximum Gasteiger partial charge on any atom is 0.225 e. The number of hydrogen-bond acceptors (Lipinski definition) is 4. The molecular weight excluding hydrogens is 414 g/mol. The molecule has 0 bridgehead atoms. The average Bonchev–Trinajstić information content (AvgIpc) is 3.35. The summed E-state index contributed by atoms with van der Waals surface area (Å²) < 4.78 is 33.7. The lowest BCUT2D eigenvalue weighted by Crippen LogP contribution is -2.47. The highest BCUT2D eigenvalue weighted by atomic mass is 19.1. The number of Topliss-reactive ketones (excluding diaryl/α,β-unsaturated/α-hetero) is 1. The molecule has 1 aliphatic carbocycles. The number of rotatable bonds is 7. The van der Waals surface area contributed by atoms with Crippen LogP contribution in [-0.4, -0.2) is 61.1 Å². The van der Waals surface area contributed by atoms with E-state index >= 15 is 4.39 Å². The molecule has 1 saturated carbocycles. The number of likely N-dealkylation sites (tertiary alicyclic amines) is 1. The largest absolute Gasteiger partial charge is 0.381 e. The zero-order chi connectivity index (χ0) is 22.6. The smallest absolute Gasteiger partial charge is 0.225 e. The standard InChI is InChI=1S/C25H34F2N2O3/c26-21-5-3-19(4-6-21)23(30)25(27)11-14-29(15-12-25)13-9-18-1-7-22(8-2-18)28-24(31)20-10-16-32-17-20/h3-6,18,20,22H,1-2,7-17H2,(H,28,31)/t18-,20?,22-. The van der Waals surface area contributed by atoms with Crippen LogP contribution in [0.15, 0.2) is 24.3 Å². The highest BCUT2D eigenvalue weighted by Crippen LogP contribution is 2.32. The van der Waals surface area contributed by atoms with Crippen LogP contribution in [0, 0.1) is 17.7 Å². The Bertz CT molecular complexity index is 779. The van der Waals surface area contributed by atoms with Gasteiger partial charge in [0.25, 0.3) is 0 Å². The van der Waals surface area contributed by atoms with Crippen molar-refractivity contribution < 1.29 is 23.1 Å². The van der Waals surface area contributed by atoms with Crippen molar-refractivity contribution in [3.8, 4) is 0 Å². The molecule has 1 aromatic rings. The van der Waals surface area contributed by atoms with Gasteiger partial charge in [-0.05, 0) is 75.3 Å². The summed E-state index contributed by atoms with van der Waals surface area (Å²) in [6.07, 6.45) is 6.52. The van der Waals surface area contributed by atoms with Crippen molar-refractivity contribution in [3.05, 3.63) is 35.6 Å². The number of halogens is 2. The summed E-state index contributed by atoms with van der Waals surface area (Å²) in [6, 6.07) is 5.42. The third kappa shape index (κ3) is 5.73. The minimum atomic E-state index is -1.85. The van der Waals surface area contributed by atoms with Crippen molar-refractivity contribution in [2.24, 2.45) is 11.8 Å². The third-order valence-corrected chi connectivity index (χ3v) is 7.51. The maximum absolute atomic E-state index is 15.3. The first-order valence-corrected chi connectivity index (χ1v) is 12.0. The summed E-state index contributed by atoms with van der Waals surface area (Å²) in [5.74, 6) is -0.157. The Kier molecular flexibility index (Phi) is 7.56. The molecule has 3 fully saturated rings. The topological polar surface area (TPSA) is 58.6 Å². The summed E-state index contributed by atoms with van der Waals surface area (Å²) in [6.45, 7) is 3.29. The zero-order valence-electron chi connectivity index (χ0n) is 18.7. The minimum absolute atomic E-state index is 0.0180. The van der Waals surface area contributed by atoms with Crippen molar-refractivity contribution in [1.29, 1.82) is 0 Å².